The van der Waals surface area contributed by atoms with Crippen molar-refractivity contribution >= 4 is 50.7 Å². The first kappa shape index (κ1) is 36.2. The van der Waals surface area contributed by atoms with Crippen molar-refractivity contribution in [3.05, 3.63) is 76.3 Å². The molecule has 1 aliphatic carbocycles. The van der Waals surface area contributed by atoms with Crippen LogP contribution in [0.3, 0.4) is 0 Å². The maximum absolute atomic E-state index is 14.5. The highest BCUT2D eigenvalue weighted by Crippen LogP contribution is 2.33. The summed E-state index contributed by atoms with van der Waals surface area (Å²) in [6.45, 7) is 3.33. The molecular formula is C34H41Cl2N3O7S. The van der Waals surface area contributed by atoms with Gasteiger partial charge in [-0.05, 0) is 74.7 Å². The number of rotatable bonds is 15. The van der Waals surface area contributed by atoms with E-state index in [-0.39, 0.29) is 41.2 Å². The summed E-state index contributed by atoms with van der Waals surface area (Å²) < 4.78 is 45.9. The van der Waals surface area contributed by atoms with Crippen molar-refractivity contribution in [3.63, 3.8) is 0 Å². The summed E-state index contributed by atoms with van der Waals surface area (Å²) in [5.74, 6) is 0.155. The minimum absolute atomic E-state index is 0.0168. The van der Waals surface area contributed by atoms with Gasteiger partial charge in [-0.25, -0.2) is 8.42 Å². The molecule has 2 amide bonds. The number of methoxy groups -OCH3 is 2. The third-order valence-corrected chi connectivity index (χ3v) is 10.6. The molecule has 47 heavy (non-hydrogen) atoms. The molecule has 0 radical (unpaired) electrons. The number of anilines is 1. The molecule has 1 fully saturated rings. The molecule has 1 aliphatic rings. The number of nitrogens with zero attached hydrogens (tertiary/aromatic N) is 2. The van der Waals surface area contributed by atoms with Crippen molar-refractivity contribution in [2.24, 2.45) is 0 Å². The van der Waals surface area contributed by atoms with Crippen LogP contribution >= 0.6 is 23.2 Å². The van der Waals surface area contributed by atoms with Crippen molar-refractivity contribution in [2.45, 2.75) is 69.5 Å². The Bertz CT molecular complexity index is 1630. The van der Waals surface area contributed by atoms with Gasteiger partial charge in [0.15, 0.2) is 11.5 Å². The van der Waals surface area contributed by atoms with Gasteiger partial charge in [-0.2, -0.15) is 0 Å². The normalized spacial score (nSPS) is 13.9. The van der Waals surface area contributed by atoms with E-state index in [2.05, 4.69) is 5.32 Å². The van der Waals surface area contributed by atoms with Gasteiger partial charge in [0.1, 0.15) is 18.3 Å². The number of hydrogen-bond acceptors (Lipinski definition) is 7. The van der Waals surface area contributed by atoms with E-state index in [4.69, 9.17) is 37.4 Å². The van der Waals surface area contributed by atoms with E-state index in [0.717, 1.165) is 30.0 Å². The van der Waals surface area contributed by atoms with E-state index in [9.17, 15) is 18.0 Å². The van der Waals surface area contributed by atoms with Crippen LogP contribution < -0.4 is 23.8 Å². The Morgan fingerprint density at radius 3 is 2.15 bits per heavy atom. The minimum atomic E-state index is -4.37. The molecule has 0 aliphatic heterocycles. The summed E-state index contributed by atoms with van der Waals surface area (Å²) in [6, 6.07) is 14.7. The molecule has 1 atom stereocenters. The van der Waals surface area contributed by atoms with Crippen LogP contribution in [0.2, 0.25) is 10.0 Å². The number of nitrogens with one attached hydrogen (secondary N) is 1. The number of sulfonamides is 1. The zero-order chi connectivity index (χ0) is 34.1. The van der Waals surface area contributed by atoms with E-state index >= 15 is 0 Å². The van der Waals surface area contributed by atoms with Gasteiger partial charge >= 0.3 is 0 Å². The van der Waals surface area contributed by atoms with Crippen LogP contribution in [0.4, 0.5) is 5.69 Å². The van der Waals surface area contributed by atoms with E-state index in [1.165, 1.54) is 37.3 Å². The molecule has 254 valence electrons. The summed E-state index contributed by atoms with van der Waals surface area (Å²) in [6.07, 6.45) is 4.04. The fourth-order valence-corrected chi connectivity index (χ4v) is 7.60. The molecule has 0 heterocycles. The second kappa shape index (κ2) is 16.4. The van der Waals surface area contributed by atoms with Crippen molar-refractivity contribution in [3.8, 4) is 17.2 Å². The molecule has 0 saturated heterocycles. The Kier molecular flexibility index (Phi) is 12.6. The quantitative estimate of drug-likeness (QED) is 0.193. The van der Waals surface area contributed by atoms with Crippen LogP contribution in [0.5, 0.6) is 17.2 Å². The molecule has 1 N–H and O–H groups in total. The third-order valence-electron chi connectivity index (χ3n) is 8.14. The Labute approximate surface area is 286 Å². The average molecular weight is 707 g/mol. The molecule has 3 aromatic rings. The van der Waals surface area contributed by atoms with Crippen LogP contribution in [0.1, 0.15) is 51.5 Å². The lowest BCUT2D eigenvalue weighted by atomic mass is 10.1. The zero-order valence-electron chi connectivity index (χ0n) is 27.0. The first-order valence-corrected chi connectivity index (χ1v) is 17.7. The number of carbonyl (C=O) groups is 2. The average Bonchev–Trinajstić information content (AvgIpc) is 3.58. The van der Waals surface area contributed by atoms with Crippen molar-refractivity contribution in [1.29, 1.82) is 0 Å². The van der Waals surface area contributed by atoms with Crippen LogP contribution in [-0.2, 0) is 26.2 Å². The number of hydrogen-bond donors (Lipinski definition) is 1. The van der Waals surface area contributed by atoms with Gasteiger partial charge in [0, 0.05) is 34.3 Å². The molecular weight excluding hydrogens is 665 g/mol. The van der Waals surface area contributed by atoms with Gasteiger partial charge in [0.25, 0.3) is 10.0 Å². The molecule has 0 aromatic heterocycles. The number of halogens is 2. The highest BCUT2D eigenvalue weighted by Gasteiger charge is 2.35. The lowest BCUT2D eigenvalue weighted by Crippen LogP contribution is -2.53. The van der Waals surface area contributed by atoms with Crippen LogP contribution in [0, 0.1) is 0 Å². The van der Waals surface area contributed by atoms with E-state index in [1.807, 2.05) is 6.92 Å². The van der Waals surface area contributed by atoms with Crippen molar-refractivity contribution < 1.29 is 32.2 Å². The van der Waals surface area contributed by atoms with Gasteiger partial charge in [0.2, 0.25) is 11.8 Å². The van der Waals surface area contributed by atoms with Gasteiger partial charge in [0.05, 0.1) is 31.4 Å². The van der Waals surface area contributed by atoms with E-state index in [0.29, 0.717) is 33.7 Å². The second-order valence-corrected chi connectivity index (χ2v) is 13.8. The number of carbonyl (C=O) groups excluding carboxylic acids is 2. The monoisotopic (exact) mass is 705 g/mol. The van der Waals surface area contributed by atoms with Gasteiger partial charge < -0.3 is 24.4 Å². The summed E-state index contributed by atoms with van der Waals surface area (Å²) >= 11 is 13.1. The molecule has 0 spiro atoms. The van der Waals surface area contributed by atoms with Crippen molar-refractivity contribution in [1.82, 2.24) is 10.2 Å². The number of ether oxygens (including phenoxy) is 3. The smallest absolute Gasteiger partial charge is 0.264 e. The van der Waals surface area contributed by atoms with E-state index < -0.39 is 28.5 Å². The second-order valence-electron chi connectivity index (χ2n) is 11.1. The van der Waals surface area contributed by atoms with E-state index in [1.54, 1.807) is 49.4 Å². The highest BCUT2D eigenvalue weighted by molar-refractivity contribution is 7.92. The fraction of sp³-hybridized carbons (Fsp3) is 0.412. The molecule has 10 nitrogen and oxygen atoms in total. The highest BCUT2D eigenvalue weighted by atomic mass is 35.5. The molecule has 13 heteroatoms. The largest absolute Gasteiger partial charge is 0.494 e. The predicted molar refractivity (Wildman–Crippen MR) is 183 cm³/mol. The predicted octanol–water partition coefficient (Wildman–Crippen LogP) is 6.47. The van der Waals surface area contributed by atoms with Gasteiger partial charge in [-0.3, -0.25) is 13.9 Å². The summed E-state index contributed by atoms with van der Waals surface area (Å²) in [7, 11) is -1.52. The SMILES string of the molecule is CCOc1ccc(N(CC(=O)N(Cc2c(Cl)cccc2Cl)C(CC)C(=O)NC2CCCC2)S(=O)(=O)c2ccc(OC)c(OC)c2)cc1. The Morgan fingerprint density at radius 1 is 0.936 bits per heavy atom. The summed E-state index contributed by atoms with van der Waals surface area (Å²) in [5, 5.41) is 3.74. The lowest BCUT2D eigenvalue weighted by Gasteiger charge is -2.34. The fourth-order valence-electron chi connectivity index (χ4n) is 5.65. The topological polar surface area (TPSA) is 114 Å². The molecule has 0 bridgehead atoms. The van der Waals surface area contributed by atoms with Crippen LogP contribution in [-0.4, -0.2) is 64.6 Å². The summed E-state index contributed by atoms with van der Waals surface area (Å²) in [5.41, 5.74) is 0.669. The van der Waals surface area contributed by atoms with Crippen LogP contribution in [0.15, 0.2) is 65.6 Å². The lowest BCUT2D eigenvalue weighted by molar-refractivity contribution is -0.140. The molecule has 3 aromatic carbocycles. The maximum Gasteiger partial charge on any atom is 0.264 e. The minimum Gasteiger partial charge on any atom is -0.494 e. The van der Waals surface area contributed by atoms with Gasteiger partial charge in [-0.1, -0.05) is 49.0 Å². The molecule has 4 rings (SSSR count). The first-order valence-electron chi connectivity index (χ1n) is 15.5. The first-order chi connectivity index (χ1) is 22.5. The molecule has 1 unspecified atom stereocenters. The van der Waals surface area contributed by atoms with Crippen LogP contribution in [0.25, 0.3) is 0 Å². The molecule has 1 saturated carbocycles. The Hall–Kier alpha value is -3.67. The Morgan fingerprint density at radius 2 is 1.57 bits per heavy atom. The Balaban J connectivity index is 1.78. The number of benzene rings is 3. The summed E-state index contributed by atoms with van der Waals surface area (Å²) in [4.78, 5) is 29.4. The number of amides is 2. The van der Waals surface area contributed by atoms with Gasteiger partial charge in [-0.15, -0.1) is 0 Å². The maximum atomic E-state index is 14.5. The standard InChI is InChI=1S/C34H41Cl2N3O7S/c1-5-30(34(41)37-23-10-7-8-11-23)38(21-27-28(35)12-9-13-29(27)36)33(40)22-39(24-14-16-25(17-15-24)46-6-2)47(42,43)26-18-19-31(44-3)32(20-26)45-4/h9,12-20,23,30H,5-8,10-11,21-22H2,1-4H3,(H,37,41). The zero-order valence-corrected chi connectivity index (χ0v) is 29.3. The third kappa shape index (κ3) is 8.63. The van der Waals surface area contributed by atoms with Crippen molar-refractivity contribution in [2.75, 3.05) is 31.7 Å².